The number of hydrogen-bond donors (Lipinski definition) is 1. The molecule has 1 rings (SSSR count). The van der Waals surface area contributed by atoms with Gasteiger partial charge in [-0.2, -0.15) is 0 Å². The maximum atomic E-state index is 12.0. The average Bonchev–Trinajstić information content (AvgIpc) is 2.38. The molecule has 1 amide bonds. The summed E-state index contributed by atoms with van der Waals surface area (Å²) in [5.41, 5.74) is 0. The number of rotatable bonds is 6. The van der Waals surface area contributed by atoms with E-state index < -0.39 is 6.04 Å². The molecular formula is C15H27NO4. The fourth-order valence-corrected chi connectivity index (χ4v) is 2.36. The van der Waals surface area contributed by atoms with Gasteiger partial charge in [0, 0.05) is 19.1 Å². The lowest BCUT2D eigenvalue weighted by molar-refractivity contribution is -0.152. The van der Waals surface area contributed by atoms with E-state index in [0.29, 0.717) is 19.1 Å². The van der Waals surface area contributed by atoms with Crippen molar-refractivity contribution in [3.05, 3.63) is 0 Å². The van der Waals surface area contributed by atoms with Crippen LogP contribution in [-0.4, -0.2) is 37.2 Å². The van der Waals surface area contributed by atoms with Gasteiger partial charge in [-0.25, -0.2) is 4.79 Å². The van der Waals surface area contributed by atoms with Gasteiger partial charge in [-0.3, -0.25) is 4.79 Å². The molecule has 0 aliphatic carbocycles. The molecule has 1 N–H and O–H groups in total. The molecule has 1 heterocycles. The minimum absolute atomic E-state index is 0.0490. The average molecular weight is 285 g/mol. The van der Waals surface area contributed by atoms with Crippen molar-refractivity contribution in [2.75, 3.05) is 13.2 Å². The second-order valence-electron chi connectivity index (χ2n) is 5.99. The standard InChI is InChI=1S/C15H27NO4/c1-10(2)9-11(3)20-15(18)12(4)16-14(17)13-5-7-19-8-6-13/h10-13H,5-9H2,1-4H3,(H,16,17). The Hall–Kier alpha value is -1.10. The van der Waals surface area contributed by atoms with Crippen LogP contribution in [-0.2, 0) is 19.1 Å². The van der Waals surface area contributed by atoms with E-state index in [-0.39, 0.29) is 23.9 Å². The third-order valence-electron chi connectivity index (χ3n) is 3.43. The van der Waals surface area contributed by atoms with Crippen LogP contribution in [0.1, 0.15) is 47.0 Å². The van der Waals surface area contributed by atoms with Crippen LogP contribution >= 0.6 is 0 Å². The van der Waals surface area contributed by atoms with E-state index in [1.54, 1.807) is 6.92 Å². The Morgan fingerprint density at radius 2 is 1.80 bits per heavy atom. The molecule has 2 unspecified atom stereocenters. The molecule has 2 atom stereocenters. The van der Waals surface area contributed by atoms with Crippen molar-refractivity contribution in [1.82, 2.24) is 5.32 Å². The van der Waals surface area contributed by atoms with E-state index in [0.717, 1.165) is 19.3 Å². The summed E-state index contributed by atoms with van der Waals surface area (Å²) in [5, 5.41) is 2.74. The lowest BCUT2D eigenvalue weighted by Gasteiger charge is -2.24. The quantitative estimate of drug-likeness (QED) is 0.757. The van der Waals surface area contributed by atoms with Crippen LogP contribution in [0.2, 0.25) is 0 Å². The van der Waals surface area contributed by atoms with Gasteiger partial charge in [-0.15, -0.1) is 0 Å². The number of carbonyl (C=O) groups excluding carboxylic acids is 2. The molecule has 0 radical (unpaired) electrons. The van der Waals surface area contributed by atoms with Crippen LogP contribution in [0.25, 0.3) is 0 Å². The molecule has 1 saturated heterocycles. The van der Waals surface area contributed by atoms with Crippen molar-refractivity contribution < 1.29 is 19.1 Å². The molecule has 0 aromatic rings. The van der Waals surface area contributed by atoms with E-state index in [1.807, 2.05) is 6.92 Å². The highest BCUT2D eigenvalue weighted by Gasteiger charge is 2.26. The Labute approximate surface area is 121 Å². The minimum Gasteiger partial charge on any atom is -0.461 e. The molecule has 0 bridgehead atoms. The van der Waals surface area contributed by atoms with Gasteiger partial charge in [-0.1, -0.05) is 13.8 Å². The Bertz CT molecular complexity index is 324. The molecule has 5 nitrogen and oxygen atoms in total. The van der Waals surface area contributed by atoms with E-state index in [4.69, 9.17) is 9.47 Å². The van der Waals surface area contributed by atoms with Gasteiger partial charge >= 0.3 is 5.97 Å². The minimum atomic E-state index is -0.597. The van der Waals surface area contributed by atoms with Gasteiger partial charge in [0.15, 0.2) is 0 Å². The lowest BCUT2D eigenvalue weighted by atomic mass is 9.99. The van der Waals surface area contributed by atoms with Crippen molar-refractivity contribution in [3.63, 3.8) is 0 Å². The topological polar surface area (TPSA) is 64.6 Å². The molecule has 1 fully saturated rings. The number of esters is 1. The number of hydrogen-bond acceptors (Lipinski definition) is 4. The molecule has 0 aromatic carbocycles. The summed E-state index contributed by atoms with van der Waals surface area (Å²) in [7, 11) is 0. The largest absolute Gasteiger partial charge is 0.461 e. The van der Waals surface area contributed by atoms with Crippen molar-refractivity contribution in [2.45, 2.75) is 59.1 Å². The second kappa shape index (κ2) is 8.25. The highest BCUT2D eigenvalue weighted by atomic mass is 16.5. The fourth-order valence-electron chi connectivity index (χ4n) is 2.36. The maximum absolute atomic E-state index is 12.0. The molecule has 1 aliphatic heterocycles. The monoisotopic (exact) mass is 285 g/mol. The Kier molecular flexibility index (Phi) is 6.99. The van der Waals surface area contributed by atoms with Crippen LogP contribution in [0, 0.1) is 11.8 Å². The Morgan fingerprint density at radius 3 is 2.35 bits per heavy atom. The van der Waals surface area contributed by atoms with E-state index in [2.05, 4.69) is 19.2 Å². The third kappa shape index (κ3) is 5.90. The number of nitrogens with one attached hydrogen (secondary N) is 1. The van der Waals surface area contributed by atoms with Crippen LogP contribution in [0.3, 0.4) is 0 Å². The summed E-state index contributed by atoms with van der Waals surface area (Å²) in [5.74, 6) is -0.00940. The zero-order chi connectivity index (χ0) is 15.1. The highest BCUT2D eigenvalue weighted by Crippen LogP contribution is 2.15. The SMILES string of the molecule is CC(C)CC(C)OC(=O)C(C)NC(=O)C1CCOCC1. The lowest BCUT2D eigenvalue weighted by Crippen LogP contribution is -2.44. The van der Waals surface area contributed by atoms with Gasteiger partial charge in [-0.05, 0) is 39.0 Å². The predicted octanol–water partition coefficient (Wildman–Crippen LogP) is 1.90. The molecule has 5 heteroatoms. The summed E-state index contributed by atoms with van der Waals surface area (Å²) < 4.78 is 10.6. The van der Waals surface area contributed by atoms with Crippen LogP contribution in [0.5, 0.6) is 0 Å². The van der Waals surface area contributed by atoms with Gasteiger partial charge < -0.3 is 14.8 Å². The van der Waals surface area contributed by atoms with Crippen LogP contribution in [0.4, 0.5) is 0 Å². The van der Waals surface area contributed by atoms with Crippen molar-refractivity contribution in [1.29, 1.82) is 0 Å². The number of ether oxygens (including phenoxy) is 2. The first kappa shape index (κ1) is 17.0. The molecule has 0 aromatic heterocycles. The smallest absolute Gasteiger partial charge is 0.328 e. The van der Waals surface area contributed by atoms with E-state index >= 15 is 0 Å². The summed E-state index contributed by atoms with van der Waals surface area (Å²) >= 11 is 0. The van der Waals surface area contributed by atoms with Gasteiger partial charge in [0.05, 0.1) is 6.10 Å². The normalized spacial score (nSPS) is 19.4. The van der Waals surface area contributed by atoms with Crippen LogP contribution < -0.4 is 5.32 Å². The van der Waals surface area contributed by atoms with Crippen LogP contribution in [0.15, 0.2) is 0 Å². The van der Waals surface area contributed by atoms with Gasteiger partial charge in [0.25, 0.3) is 0 Å². The highest BCUT2D eigenvalue weighted by molar-refractivity contribution is 5.85. The van der Waals surface area contributed by atoms with Crippen molar-refractivity contribution in [2.24, 2.45) is 11.8 Å². The summed E-state index contributed by atoms with van der Waals surface area (Å²) in [6.45, 7) is 8.94. The zero-order valence-electron chi connectivity index (χ0n) is 13.0. The predicted molar refractivity (Wildman–Crippen MR) is 76.2 cm³/mol. The van der Waals surface area contributed by atoms with Gasteiger partial charge in [0.1, 0.15) is 6.04 Å². The van der Waals surface area contributed by atoms with Gasteiger partial charge in [0.2, 0.25) is 5.91 Å². The van der Waals surface area contributed by atoms with E-state index in [9.17, 15) is 9.59 Å². The first-order chi connectivity index (χ1) is 9.40. The molecule has 0 spiro atoms. The van der Waals surface area contributed by atoms with E-state index in [1.165, 1.54) is 0 Å². The van der Waals surface area contributed by atoms with Crippen molar-refractivity contribution in [3.8, 4) is 0 Å². The summed E-state index contributed by atoms with van der Waals surface area (Å²) in [6, 6.07) is -0.597. The zero-order valence-corrected chi connectivity index (χ0v) is 13.0. The number of amides is 1. The molecule has 20 heavy (non-hydrogen) atoms. The number of carbonyl (C=O) groups is 2. The third-order valence-corrected chi connectivity index (χ3v) is 3.43. The first-order valence-electron chi connectivity index (χ1n) is 7.48. The molecular weight excluding hydrogens is 258 g/mol. The summed E-state index contributed by atoms with van der Waals surface area (Å²) in [4.78, 5) is 23.9. The summed E-state index contributed by atoms with van der Waals surface area (Å²) in [6.07, 6.45) is 2.14. The maximum Gasteiger partial charge on any atom is 0.328 e. The van der Waals surface area contributed by atoms with Crippen molar-refractivity contribution >= 4 is 11.9 Å². The fraction of sp³-hybridized carbons (Fsp3) is 0.867. The molecule has 1 aliphatic rings. The molecule has 0 saturated carbocycles. The molecule has 116 valence electrons. The second-order valence-corrected chi connectivity index (χ2v) is 5.99. The Morgan fingerprint density at radius 1 is 1.20 bits per heavy atom. The Balaban J connectivity index is 2.34. The first-order valence-corrected chi connectivity index (χ1v) is 7.48.